The van der Waals surface area contributed by atoms with Crippen LogP contribution in [0.1, 0.15) is 44.8 Å². The van der Waals surface area contributed by atoms with Crippen molar-refractivity contribution >= 4 is 48.2 Å². The molecule has 8 nitrogen and oxygen atoms in total. The molecule has 10 heteroatoms. The second kappa shape index (κ2) is 21.0. The number of aliphatic imine (C=N–C) groups is 2. The van der Waals surface area contributed by atoms with Crippen LogP contribution in [-0.4, -0.2) is 58.1 Å². The standard InChI is InChI=1S/C52H42N8Se2/c1-7-23-41(24-8-1)51(42-25-9-2-10-26-42,43-27-11-3-12-28-43)57-49(59-55-39-47-35-19-21-37-53-47)61-62-50(60-56-40-48-36-20-22-38-54-48)58-52(44-29-13-4-14-30-44,45-31-15-5-16-32-45)46-33-17-6-18-34-46/h1-40H,(H,57,59)(H,58,60)/b55-39+,56-40+. The average molecular weight is 937 g/mol. The van der Waals surface area contributed by atoms with Crippen molar-refractivity contribution in [3.8, 4) is 0 Å². The Bertz CT molecular complexity index is 2320. The van der Waals surface area contributed by atoms with Gasteiger partial charge in [-0.1, -0.05) is 0 Å². The van der Waals surface area contributed by atoms with Gasteiger partial charge in [0, 0.05) is 0 Å². The summed E-state index contributed by atoms with van der Waals surface area (Å²) in [6.45, 7) is 0. The molecule has 0 radical (unpaired) electrons. The van der Waals surface area contributed by atoms with E-state index in [4.69, 9.17) is 20.2 Å². The summed E-state index contributed by atoms with van der Waals surface area (Å²) in [5, 5.41) is 9.53. The number of nitrogens with zero attached hydrogens (tertiary/aromatic N) is 6. The van der Waals surface area contributed by atoms with Crippen LogP contribution < -0.4 is 10.9 Å². The van der Waals surface area contributed by atoms with E-state index in [-0.39, 0.29) is 26.3 Å². The van der Waals surface area contributed by atoms with Gasteiger partial charge in [-0.2, -0.15) is 0 Å². The van der Waals surface area contributed by atoms with Crippen LogP contribution >= 0.6 is 0 Å². The summed E-state index contributed by atoms with van der Waals surface area (Å²) < 4.78 is 1.43. The van der Waals surface area contributed by atoms with Crippen LogP contribution in [0.5, 0.6) is 0 Å². The molecule has 8 rings (SSSR count). The minimum absolute atomic E-state index is 0.347. The van der Waals surface area contributed by atoms with Gasteiger partial charge < -0.3 is 0 Å². The molecule has 0 amide bonds. The molecule has 0 fully saturated rings. The van der Waals surface area contributed by atoms with Crippen molar-refractivity contribution in [1.82, 2.24) is 20.8 Å². The van der Waals surface area contributed by atoms with Crippen LogP contribution in [0.15, 0.2) is 251 Å². The van der Waals surface area contributed by atoms with Crippen molar-refractivity contribution in [2.24, 2.45) is 20.2 Å². The van der Waals surface area contributed by atoms with Gasteiger partial charge in [-0.25, -0.2) is 0 Å². The van der Waals surface area contributed by atoms with Gasteiger partial charge >= 0.3 is 376 Å². The third-order valence-electron chi connectivity index (χ3n) is 9.98. The van der Waals surface area contributed by atoms with Gasteiger partial charge in [0.25, 0.3) is 0 Å². The molecule has 8 aromatic rings. The van der Waals surface area contributed by atoms with Gasteiger partial charge in [-0.15, -0.1) is 0 Å². The SMILES string of the molecule is C(=N\NC(=NC(c1ccccc1)(c1ccccc1)c1ccccc1)[Se][Se]C(=NC(c1ccccc1)(c1ccccc1)c1ccccc1)N/N=C/c1ccccn1)/c1ccccn1. The fraction of sp³-hybridized carbons (Fsp3) is 0.0385. The molecule has 0 spiro atoms. The van der Waals surface area contributed by atoms with Crippen molar-refractivity contribution < 1.29 is 0 Å². The molecule has 0 aliphatic rings. The Morgan fingerprint density at radius 1 is 0.355 bits per heavy atom. The molecule has 0 unspecified atom stereocenters. The maximum atomic E-state index is 5.80. The molecule has 0 aliphatic carbocycles. The number of nitrogens with one attached hydrogen (secondary N) is 2. The Hall–Kier alpha value is -7.06. The van der Waals surface area contributed by atoms with Gasteiger partial charge in [-0.05, 0) is 0 Å². The fourth-order valence-electron chi connectivity index (χ4n) is 7.18. The van der Waals surface area contributed by atoms with Gasteiger partial charge in [-0.3, -0.25) is 0 Å². The number of hydrogen-bond donors (Lipinski definition) is 2. The topological polar surface area (TPSA) is 99.3 Å². The Morgan fingerprint density at radius 3 is 0.855 bits per heavy atom. The monoisotopic (exact) mass is 938 g/mol. The van der Waals surface area contributed by atoms with Crippen LogP contribution in [0.3, 0.4) is 0 Å². The first-order chi connectivity index (χ1) is 30.7. The molecule has 0 atom stereocenters. The molecule has 0 saturated carbocycles. The van der Waals surface area contributed by atoms with Crippen LogP contribution in [0.2, 0.25) is 0 Å². The first kappa shape index (κ1) is 41.7. The minimum atomic E-state index is -0.922. The van der Waals surface area contributed by atoms with E-state index in [1.54, 1.807) is 24.8 Å². The summed E-state index contributed by atoms with van der Waals surface area (Å²) in [5.74, 6) is 0. The zero-order chi connectivity index (χ0) is 42.1. The van der Waals surface area contributed by atoms with E-state index in [2.05, 4.69) is 166 Å². The molecule has 6 aromatic carbocycles. The molecule has 0 saturated heterocycles. The van der Waals surface area contributed by atoms with Crippen molar-refractivity contribution in [2.45, 2.75) is 11.1 Å². The van der Waals surface area contributed by atoms with Crippen LogP contribution in [0.4, 0.5) is 0 Å². The van der Waals surface area contributed by atoms with E-state index in [0.717, 1.165) is 44.8 Å². The number of benzene rings is 6. The molecule has 0 bridgehead atoms. The summed E-state index contributed by atoms with van der Waals surface area (Å²) in [7, 11) is 0. The molecule has 2 heterocycles. The summed E-state index contributed by atoms with van der Waals surface area (Å²) in [4.78, 5) is 20.6. The molecule has 62 heavy (non-hydrogen) atoms. The Labute approximate surface area is 373 Å². The molecule has 302 valence electrons. The Morgan fingerprint density at radius 2 is 0.613 bits per heavy atom. The first-order valence-electron chi connectivity index (χ1n) is 20.0. The number of hydrogen-bond acceptors (Lipinski definition) is 6. The van der Waals surface area contributed by atoms with Gasteiger partial charge in [0.2, 0.25) is 0 Å². The van der Waals surface area contributed by atoms with Gasteiger partial charge in [0.15, 0.2) is 0 Å². The second-order valence-electron chi connectivity index (χ2n) is 13.9. The number of rotatable bonds is 15. The maximum absolute atomic E-state index is 5.80. The summed E-state index contributed by atoms with van der Waals surface area (Å²) in [6.07, 6.45) is 6.97. The van der Waals surface area contributed by atoms with Crippen molar-refractivity contribution in [3.63, 3.8) is 0 Å². The predicted octanol–water partition coefficient (Wildman–Crippen LogP) is 9.04. The van der Waals surface area contributed by atoms with Crippen molar-refractivity contribution in [2.75, 3.05) is 0 Å². The van der Waals surface area contributed by atoms with Crippen LogP contribution in [0, 0.1) is 0 Å². The van der Waals surface area contributed by atoms with Gasteiger partial charge in [0.1, 0.15) is 0 Å². The summed E-state index contributed by atoms with van der Waals surface area (Å²) >= 11 is -0.694. The van der Waals surface area contributed by atoms with Crippen LogP contribution in [0.25, 0.3) is 0 Å². The van der Waals surface area contributed by atoms with E-state index in [1.807, 2.05) is 72.8 Å². The van der Waals surface area contributed by atoms with Gasteiger partial charge in [0.05, 0.1) is 0 Å². The third-order valence-corrected chi connectivity index (χ3v) is 15.9. The first-order valence-corrected chi connectivity index (χ1v) is 26.1. The molecule has 0 aliphatic heterocycles. The van der Waals surface area contributed by atoms with Crippen LogP contribution in [-0.2, 0) is 11.1 Å². The Kier molecular flexibility index (Phi) is 14.1. The normalized spacial score (nSPS) is 12.4. The molecular weight excluding hydrogens is 895 g/mol. The molecule has 2 N–H and O–H groups in total. The molecule has 2 aromatic heterocycles. The average Bonchev–Trinajstić information content (AvgIpc) is 3.36. The van der Waals surface area contributed by atoms with E-state index in [1.165, 1.54) is 0 Å². The number of aromatic nitrogens is 2. The van der Waals surface area contributed by atoms with E-state index in [9.17, 15) is 0 Å². The predicted molar refractivity (Wildman–Crippen MR) is 255 cm³/mol. The van der Waals surface area contributed by atoms with E-state index in [0.29, 0.717) is 9.47 Å². The fourth-order valence-corrected chi connectivity index (χ4v) is 12.0. The number of hydrazone groups is 2. The zero-order valence-corrected chi connectivity index (χ0v) is 37.0. The number of amidine groups is 2. The zero-order valence-electron chi connectivity index (χ0n) is 33.6. The Balaban J connectivity index is 1.31. The van der Waals surface area contributed by atoms with E-state index >= 15 is 0 Å². The number of pyridine rings is 2. The molecular formula is C52H42N8Se2. The van der Waals surface area contributed by atoms with Crippen molar-refractivity contribution in [1.29, 1.82) is 0 Å². The second-order valence-corrected chi connectivity index (χ2v) is 19.8. The van der Waals surface area contributed by atoms with Crippen molar-refractivity contribution in [3.05, 3.63) is 276 Å². The summed E-state index contributed by atoms with van der Waals surface area (Å²) in [5.41, 5.74) is 12.6. The quantitative estimate of drug-likeness (QED) is 0.0353. The summed E-state index contributed by atoms with van der Waals surface area (Å²) in [6, 6.07) is 74.3. The third kappa shape index (κ3) is 9.93. The van der Waals surface area contributed by atoms with E-state index < -0.39 is 11.1 Å².